The molecule has 1 amide bonds. The first kappa shape index (κ1) is 18.8. The summed E-state index contributed by atoms with van der Waals surface area (Å²) >= 11 is 3.43. The van der Waals surface area contributed by atoms with Crippen molar-refractivity contribution in [1.82, 2.24) is 0 Å². The third-order valence-electron chi connectivity index (χ3n) is 3.84. The van der Waals surface area contributed by atoms with Crippen molar-refractivity contribution < 1.29 is 19.4 Å². The molecule has 27 heavy (non-hydrogen) atoms. The second-order valence-electron chi connectivity index (χ2n) is 5.76. The van der Waals surface area contributed by atoms with Gasteiger partial charge < -0.3 is 19.9 Å². The summed E-state index contributed by atoms with van der Waals surface area (Å²) in [5.41, 5.74) is 2.00. The number of phenolic OH excluding ortho intramolecular Hbond substituents is 1. The normalized spacial score (nSPS) is 10.3. The Morgan fingerprint density at radius 2 is 1.78 bits per heavy atom. The Bertz CT molecular complexity index is 927. The fraction of sp³-hybridized carbons (Fsp3) is 0.0952. The first-order valence-corrected chi connectivity index (χ1v) is 9.01. The summed E-state index contributed by atoms with van der Waals surface area (Å²) in [6.07, 6.45) is 0. The van der Waals surface area contributed by atoms with Crippen molar-refractivity contribution in [2.24, 2.45) is 0 Å². The number of halogens is 1. The van der Waals surface area contributed by atoms with Crippen LogP contribution in [0.2, 0.25) is 0 Å². The Balaban J connectivity index is 1.82. The van der Waals surface area contributed by atoms with Crippen LogP contribution in [-0.2, 0) is 6.61 Å². The molecule has 0 aliphatic rings. The average molecular weight is 428 g/mol. The molecule has 3 aromatic rings. The molecular formula is C21H18BrNO4. The maximum atomic E-state index is 12.6. The summed E-state index contributed by atoms with van der Waals surface area (Å²) in [6.45, 7) is 0.354. The van der Waals surface area contributed by atoms with Crippen LogP contribution in [0.25, 0.3) is 0 Å². The number of hydrogen-bond acceptors (Lipinski definition) is 4. The number of amides is 1. The third-order valence-corrected chi connectivity index (χ3v) is 4.43. The van der Waals surface area contributed by atoms with Gasteiger partial charge in [-0.3, -0.25) is 4.79 Å². The first-order valence-electron chi connectivity index (χ1n) is 8.21. The number of aromatic hydroxyl groups is 1. The predicted octanol–water partition coefficient (Wildman–Crippen LogP) is 4.99. The molecule has 3 rings (SSSR count). The number of carbonyl (C=O) groups excluding carboxylic acids is 1. The third kappa shape index (κ3) is 4.80. The van der Waals surface area contributed by atoms with E-state index in [1.54, 1.807) is 31.4 Å². The summed E-state index contributed by atoms with van der Waals surface area (Å²) in [6, 6.07) is 19.3. The number of anilines is 1. The molecular weight excluding hydrogens is 410 g/mol. The molecule has 0 aromatic heterocycles. The lowest BCUT2D eigenvalue weighted by atomic mass is 10.1. The van der Waals surface area contributed by atoms with Crippen molar-refractivity contribution in [2.45, 2.75) is 6.61 Å². The van der Waals surface area contributed by atoms with Crippen LogP contribution < -0.4 is 14.8 Å². The average Bonchev–Trinajstić information content (AvgIpc) is 2.68. The summed E-state index contributed by atoms with van der Waals surface area (Å²) in [7, 11) is 1.55. The van der Waals surface area contributed by atoms with Crippen LogP contribution >= 0.6 is 15.9 Å². The number of phenols is 1. The van der Waals surface area contributed by atoms with Crippen molar-refractivity contribution in [3.63, 3.8) is 0 Å². The number of carbonyl (C=O) groups is 1. The summed E-state index contributed by atoms with van der Waals surface area (Å²) in [4.78, 5) is 12.6. The Morgan fingerprint density at radius 1 is 1.07 bits per heavy atom. The Labute approximate surface area is 165 Å². The van der Waals surface area contributed by atoms with Crippen molar-refractivity contribution >= 4 is 27.5 Å². The van der Waals surface area contributed by atoms with Gasteiger partial charge in [-0.1, -0.05) is 30.3 Å². The second kappa shape index (κ2) is 8.60. The Kier molecular flexibility index (Phi) is 5.98. The molecule has 6 heteroatoms. The lowest BCUT2D eigenvalue weighted by molar-refractivity contribution is 0.102. The van der Waals surface area contributed by atoms with E-state index in [9.17, 15) is 9.90 Å². The zero-order valence-electron chi connectivity index (χ0n) is 14.6. The first-order chi connectivity index (χ1) is 13.1. The number of methoxy groups -OCH3 is 1. The molecule has 3 aromatic carbocycles. The van der Waals surface area contributed by atoms with Crippen molar-refractivity contribution in [2.75, 3.05) is 12.4 Å². The fourth-order valence-electron chi connectivity index (χ4n) is 2.49. The van der Waals surface area contributed by atoms with E-state index in [-0.39, 0.29) is 11.7 Å². The number of hydrogen-bond donors (Lipinski definition) is 2. The van der Waals surface area contributed by atoms with Gasteiger partial charge in [-0.25, -0.2) is 0 Å². The van der Waals surface area contributed by atoms with E-state index in [0.717, 1.165) is 5.56 Å². The second-order valence-corrected chi connectivity index (χ2v) is 6.62. The maximum absolute atomic E-state index is 12.6. The molecule has 5 nitrogen and oxygen atoms in total. The molecule has 0 saturated heterocycles. The summed E-state index contributed by atoms with van der Waals surface area (Å²) < 4.78 is 11.9. The molecule has 0 radical (unpaired) electrons. The maximum Gasteiger partial charge on any atom is 0.255 e. The van der Waals surface area contributed by atoms with Gasteiger partial charge >= 0.3 is 0 Å². The lowest BCUT2D eigenvalue weighted by Crippen LogP contribution is -2.12. The molecule has 138 valence electrons. The minimum absolute atomic E-state index is 0.136. The van der Waals surface area contributed by atoms with Crippen LogP contribution in [0.15, 0.2) is 71.2 Å². The quantitative estimate of drug-likeness (QED) is 0.543. The molecule has 2 N–H and O–H groups in total. The highest BCUT2D eigenvalue weighted by Crippen LogP contribution is 2.37. The van der Waals surface area contributed by atoms with Gasteiger partial charge in [0.25, 0.3) is 5.91 Å². The van der Waals surface area contributed by atoms with E-state index >= 15 is 0 Å². The summed E-state index contributed by atoms with van der Waals surface area (Å²) in [5.74, 6) is 0.823. The molecule has 0 aliphatic heterocycles. The van der Waals surface area contributed by atoms with Gasteiger partial charge in [0.15, 0.2) is 11.5 Å². The number of rotatable bonds is 6. The molecule has 0 spiro atoms. The van der Waals surface area contributed by atoms with Gasteiger partial charge in [0, 0.05) is 11.3 Å². The highest BCUT2D eigenvalue weighted by Gasteiger charge is 2.16. The summed E-state index contributed by atoms with van der Waals surface area (Å²) in [5, 5.41) is 12.1. The highest BCUT2D eigenvalue weighted by molar-refractivity contribution is 9.10. The Morgan fingerprint density at radius 3 is 2.44 bits per heavy atom. The molecule has 0 fully saturated rings. The van der Waals surface area contributed by atoms with Gasteiger partial charge in [0.2, 0.25) is 0 Å². The van der Waals surface area contributed by atoms with E-state index in [2.05, 4.69) is 21.2 Å². The van der Waals surface area contributed by atoms with Crippen LogP contribution in [-0.4, -0.2) is 18.1 Å². The van der Waals surface area contributed by atoms with Crippen molar-refractivity contribution in [1.29, 1.82) is 0 Å². The predicted molar refractivity (Wildman–Crippen MR) is 108 cm³/mol. The van der Waals surface area contributed by atoms with Gasteiger partial charge in [-0.05, 0) is 57.9 Å². The van der Waals surface area contributed by atoms with Gasteiger partial charge in [0.05, 0.1) is 11.6 Å². The zero-order valence-corrected chi connectivity index (χ0v) is 16.2. The minimum Gasteiger partial charge on any atom is -0.508 e. The van der Waals surface area contributed by atoms with Gasteiger partial charge in [0.1, 0.15) is 12.4 Å². The van der Waals surface area contributed by atoms with E-state index in [4.69, 9.17) is 9.47 Å². The molecule has 0 saturated carbocycles. The van der Waals surface area contributed by atoms with E-state index in [1.165, 1.54) is 12.1 Å². The van der Waals surface area contributed by atoms with Crippen LogP contribution in [0.3, 0.4) is 0 Å². The molecule has 0 unspecified atom stereocenters. The molecule has 0 heterocycles. The van der Waals surface area contributed by atoms with Crippen LogP contribution in [0.4, 0.5) is 5.69 Å². The fourth-order valence-corrected chi connectivity index (χ4v) is 3.09. The Hall–Kier alpha value is -2.99. The van der Waals surface area contributed by atoms with E-state index in [0.29, 0.717) is 33.8 Å². The zero-order chi connectivity index (χ0) is 19.2. The van der Waals surface area contributed by atoms with Crippen LogP contribution in [0, 0.1) is 0 Å². The molecule has 0 atom stereocenters. The monoisotopic (exact) mass is 427 g/mol. The SMILES string of the molecule is COc1c(Br)cc(C(=O)Nc2ccc(O)cc2)cc1OCc1ccccc1. The molecule has 0 aliphatic carbocycles. The minimum atomic E-state index is -0.298. The highest BCUT2D eigenvalue weighted by atomic mass is 79.9. The van der Waals surface area contributed by atoms with E-state index in [1.807, 2.05) is 30.3 Å². The lowest BCUT2D eigenvalue weighted by Gasteiger charge is -2.14. The largest absolute Gasteiger partial charge is 0.508 e. The topological polar surface area (TPSA) is 67.8 Å². The van der Waals surface area contributed by atoms with Crippen LogP contribution in [0.1, 0.15) is 15.9 Å². The number of nitrogens with one attached hydrogen (secondary N) is 1. The van der Waals surface area contributed by atoms with Gasteiger partial charge in [-0.15, -0.1) is 0 Å². The van der Waals surface area contributed by atoms with E-state index < -0.39 is 0 Å². The number of ether oxygens (including phenoxy) is 2. The van der Waals surface area contributed by atoms with Crippen LogP contribution in [0.5, 0.6) is 17.2 Å². The van der Waals surface area contributed by atoms with Crippen molar-refractivity contribution in [3.8, 4) is 17.2 Å². The van der Waals surface area contributed by atoms with Gasteiger partial charge in [-0.2, -0.15) is 0 Å². The standard InChI is InChI=1S/C21H18BrNO4/c1-26-20-18(22)11-15(21(25)23-16-7-9-17(24)10-8-16)12-19(20)27-13-14-5-3-2-4-6-14/h2-12,24H,13H2,1H3,(H,23,25). The number of benzene rings is 3. The smallest absolute Gasteiger partial charge is 0.255 e. The van der Waals surface area contributed by atoms with Crippen molar-refractivity contribution in [3.05, 3.63) is 82.3 Å². The molecule has 0 bridgehead atoms.